The number of hydrogen-bond acceptors (Lipinski definition) is 6. The highest BCUT2D eigenvalue weighted by atomic mass is 32.2. The van der Waals surface area contributed by atoms with Crippen molar-refractivity contribution in [2.45, 2.75) is 45.5 Å². The predicted octanol–water partition coefficient (Wildman–Crippen LogP) is 3.92. The molecule has 0 atom stereocenters. The molecule has 0 N–H and O–H groups in total. The van der Waals surface area contributed by atoms with Crippen LogP contribution in [0.2, 0.25) is 0 Å². The van der Waals surface area contributed by atoms with E-state index < -0.39 is 15.4 Å². The van der Waals surface area contributed by atoms with Gasteiger partial charge in [0.25, 0.3) is 5.91 Å². The minimum Gasteiger partial charge on any atom is -0.493 e. The van der Waals surface area contributed by atoms with Crippen molar-refractivity contribution in [3.63, 3.8) is 0 Å². The van der Waals surface area contributed by atoms with Gasteiger partial charge in [0, 0.05) is 12.6 Å². The summed E-state index contributed by atoms with van der Waals surface area (Å²) in [7, 11) is -2.31. The molecule has 8 heteroatoms. The first-order chi connectivity index (χ1) is 12.7. The van der Waals surface area contributed by atoms with Gasteiger partial charge in [-0.2, -0.15) is 8.42 Å². The van der Waals surface area contributed by atoms with Gasteiger partial charge < -0.3 is 13.8 Å². The van der Waals surface area contributed by atoms with Gasteiger partial charge in [-0.3, -0.25) is 4.79 Å². The summed E-state index contributed by atoms with van der Waals surface area (Å²) in [6.07, 6.45) is 0. The van der Waals surface area contributed by atoms with Crippen molar-refractivity contribution in [3.8, 4) is 11.5 Å². The molecule has 0 spiro atoms. The highest BCUT2D eigenvalue weighted by molar-refractivity contribution is 7.87. The van der Waals surface area contributed by atoms with E-state index in [1.807, 2.05) is 25.3 Å². The Balaban J connectivity index is 2.32. The third-order valence-corrected chi connectivity index (χ3v) is 6.40. The number of ether oxygens (including phenoxy) is 1. The highest BCUT2D eigenvalue weighted by Crippen LogP contribution is 2.31. The second-order valence-electron chi connectivity index (χ2n) is 6.61. The van der Waals surface area contributed by atoms with Crippen molar-refractivity contribution < 1.29 is 22.1 Å². The minimum absolute atomic E-state index is 0.0227. The van der Waals surface area contributed by atoms with Gasteiger partial charge in [0.05, 0.1) is 17.2 Å². The van der Waals surface area contributed by atoms with Crippen LogP contribution in [0.4, 0.5) is 0 Å². The van der Waals surface area contributed by atoms with Crippen LogP contribution in [-0.4, -0.2) is 37.6 Å². The topological polar surface area (TPSA) is 72.9 Å². The van der Waals surface area contributed by atoms with Crippen molar-refractivity contribution in [1.29, 1.82) is 0 Å². The fourth-order valence-corrected chi connectivity index (χ4v) is 3.59. The molecular formula is C19H25NO5S2. The zero-order chi connectivity index (χ0) is 20.2. The number of benzene rings is 1. The predicted molar refractivity (Wildman–Crippen MR) is 107 cm³/mol. The lowest BCUT2D eigenvalue weighted by Gasteiger charge is -2.26. The van der Waals surface area contributed by atoms with E-state index >= 15 is 0 Å². The monoisotopic (exact) mass is 411 g/mol. The number of methoxy groups -OCH3 is 1. The van der Waals surface area contributed by atoms with Crippen LogP contribution in [0.15, 0.2) is 35.7 Å². The Bertz CT molecular complexity index is 874. The van der Waals surface area contributed by atoms with Gasteiger partial charge in [-0.1, -0.05) is 12.1 Å². The second-order valence-corrected chi connectivity index (χ2v) is 9.66. The van der Waals surface area contributed by atoms with E-state index in [-0.39, 0.29) is 17.7 Å². The lowest BCUT2D eigenvalue weighted by atomic mass is 10.1. The van der Waals surface area contributed by atoms with Crippen LogP contribution in [0.1, 0.15) is 42.9 Å². The number of thiophene rings is 1. The molecule has 1 heterocycles. The number of hydrogen-bond donors (Lipinski definition) is 0. The van der Waals surface area contributed by atoms with Crippen molar-refractivity contribution in [3.05, 3.63) is 46.2 Å². The molecule has 0 bridgehead atoms. The first kappa shape index (κ1) is 21.2. The van der Waals surface area contributed by atoms with Crippen molar-refractivity contribution in [1.82, 2.24) is 4.90 Å². The molecule has 0 saturated heterocycles. The summed E-state index contributed by atoms with van der Waals surface area (Å²) in [5.41, 5.74) is 0.753. The van der Waals surface area contributed by atoms with Crippen LogP contribution in [0.5, 0.6) is 11.5 Å². The maximum absolute atomic E-state index is 12.8. The van der Waals surface area contributed by atoms with Crippen molar-refractivity contribution >= 4 is 27.4 Å². The first-order valence-electron chi connectivity index (χ1n) is 8.60. The quantitative estimate of drug-likeness (QED) is 0.616. The van der Waals surface area contributed by atoms with E-state index in [1.165, 1.54) is 18.4 Å². The number of rotatable bonds is 8. The molecule has 0 aliphatic carbocycles. The molecule has 1 amide bonds. The zero-order valence-corrected chi connectivity index (χ0v) is 17.8. The fourth-order valence-electron chi connectivity index (χ4n) is 2.33. The van der Waals surface area contributed by atoms with Crippen molar-refractivity contribution in [2.24, 2.45) is 0 Å². The van der Waals surface area contributed by atoms with E-state index in [0.29, 0.717) is 17.2 Å². The van der Waals surface area contributed by atoms with E-state index in [9.17, 15) is 13.2 Å². The molecule has 0 aliphatic rings. The maximum atomic E-state index is 12.8. The SMILES string of the molecule is COc1ccc(CN(C(=O)c2cccs2)C(C)C)cc1OS(=O)(=O)C(C)C. The Kier molecular flexibility index (Phi) is 6.89. The van der Waals surface area contributed by atoms with E-state index in [2.05, 4.69) is 0 Å². The molecule has 0 aliphatic heterocycles. The summed E-state index contributed by atoms with van der Waals surface area (Å²) in [4.78, 5) is 15.2. The van der Waals surface area contributed by atoms with Crippen molar-refractivity contribution in [2.75, 3.05) is 7.11 Å². The third kappa shape index (κ3) is 5.23. The molecule has 1 aromatic heterocycles. The maximum Gasteiger partial charge on any atom is 0.311 e. The molecule has 27 heavy (non-hydrogen) atoms. The molecule has 148 valence electrons. The second kappa shape index (κ2) is 8.75. The Morgan fingerprint density at radius 2 is 1.85 bits per heavy atom. The van der Waals surface area contributed by atoms with Gasteiger partial charge in [0.15, 0.2) is 11.5 Å². The standard InChI is InChI=1S/C19H25NO5S2/c1-13(2)20(19(21)18-7-6-10-26-18)12-15-8-9-16(24-5)17(11-15)25-27(22,23)14(3)4/h6-11,13-14H,12H2,1-5H3. The Morgan fingerprint density at radius 3 is 2.37 bits per heavy atom. The summed E-state index contributed by atoms with van der Waals surface area (Å²) in [5, 5.41) is 1.18. The van der Waals surface area contributed by atoms with Gasteiger partial charge in [0.2, 0.25) is 0 Å². The summed E-state index contributed by atoms with van der Waals surface area (Å²) < 4.78 is 34.7. The van der Waals surface area contributed by atoms with E-state index in [1.54, 1.807) is 43.0 Å². The Labute approximate surface area is 164 Å². The number of carbonyl (C=O) groups is 1. The van der Waals surface area contributed by atoms with Crippen LogP contribution in [0, 0.1) is 0 Å². The molecule has 0 fully saturated rings. The summed E-state index contributed by atoms with van der Waals surface area (Å²) in [6, 6.07) is 8.66. The molecule has 0 unspecified atom stereocenters. The normalized spacial score (nSPS) is 11.7. The van der Waals surface area contributed by atoms with Crippen LogP contribution in [0.25, 0.3) is 0 Å². The summed E-state index contributed by atoms with van der Waals surface area (Å²) in [6.45, 7) is 7.31. The Morgan fingerprint density at radius 1 is 1.15 bits per heavy atom. The van der Waals surface area contributed by atoms with E-state index in [4.69, 9.17) is 8.92 Å². The summed E-state index contributed by atoms with van der Waals surface area (Å²) >= 11 is 1.39. The van der Waals surface area contributed by atoms with Crippen LogP contribution in [-0.2, 0) is 16.7 Å². The minimum atomic E-state index is -3.76. The lowest BCUT2D eigenvalue weighted by Crippen LogP contribution is -2.36. The summed E-state index contributed by atoms with van der Waals surface area (Å²) in [5.74, 6) is 0.382. The lowest BCUT2D eigenvalue weighted by molar-refractivity contribution is 0.0695. The van der Waals surface area contributed by atoms with Crippen LogP contribution in [0.3, 0.4) is 0 Å². The van der Waals surface area contributed by atoms with Gasteiger partial charge in [-0.25, -0.2) is 0 Å². The molecule has 1 aromatic carbocycles. The Hall–Kier alpha value is -2.06. The van der Waals surface area contributed by atoms with Crippen LogP contribution >= 0.6 is 11.3 Å². The number of nitrogens with zero attached hydrogens (tertiary/aromatic N) is 1. The first-order valence-corrected chi connectivity index (χ1v) is 11.0. The number of amides is 1. The van der Waals surface area contributed by atoms with Gasteiger partial charge in [-0.15, -0.1) is 11.3 Å². The molecular weight excluding hydrogens is 386 g/mol. The fraction of sp³-hybridized carbons (Fsp3) is 0.421. The molecule has 6 nitrogen and oxygen atoms in total. The zero-order valence-electron chi connectivity index (χ0n) is 16.1. The van der Waals surface area contributed by atoms with Gasteiger partial charge in [-0.05, 0) is 56.8 Å². The molecule has 2 aromatic rings. The average molecular weight is 412 g/mol. The molecule has 2 rings (SSSR count). The van der Waals surface area contributed by atoms with Gasteiger partial charge in [0.1, 0.15) is 0 Å². The third-order valence-electron chi connectivity index (χ3n) is 3.98. The molecule has 0 saturated carbocycles. The number of carbonyl (C=O) groups excluding carboxylic acids is 1. The van der Waals surface area contributed by atoms with E-state index in [0.717, 1.165) is 5.56 Å². The smallest absolute Gasteiger partial charge is 0.311 e. The average Bonchev–Trinajstić information content (AvgIpc) is 3.13. The molecule has 0 radical (unpaired) electrons. The van der Waals surface area contributed by atoms with Crippen LogP contribution < -0.4 is 8.92 Å². The van der Waals surface area contributed by atoms with Gasteiger partial charge >= 0.3 is 10.1 Å². The highest BCUT2D eigenvalue weighted by Gasteiger charge is 2.23. The largest absolute Gasteiger partial charge is 0.493 e.